The summed E-state index contributed by atoms with van der Waals surface area (Å²) in [7, 11) is -2.06. The van der Waals surface area contributed by atoms with Gasteiger partial charge in [-0.1, -0.05) is 61.9 Å². The van der Waals surface area contributed by atoms with Gasteiger partial charge in [0.1, 0.15) is 0 Å². The highest BCUT2D eigenvalue weighted by Gasteiger charge is 2.59. The number of aliphatic hydroxyl groups is 2. The van der Waals surface area contributed by atoms with Gasteiger partial charge in [-0.05, 0) is 55.2 Å². The minimum absolute atomic E-state index is 0.0294. The van der Waals surface area contributed by atoms with E-state index in [0.717, 1.165) is 21.7 Å². The Morgan fingerprint density at radius 3 is 2.49 bits per heavy atom. The van der Waals surface area contributed by atoms with Gasteiger partial charge in [-0.3, -0.25) is 9.52 Å². The molecule has 0 aliphatic heterocycles. The number of anilines is 1. The number of fused-ring (bicyclic) bond motifs is 2. The molecule has 220 valence electrons. The molecule has 8 nitrogen and oxygen atoms in total. The minimum atomic E-state index is -3.85. The minimum Gasteiger partial charge on any atom is -0.396 e. The third-order valence-corrected chi connectivity index (χ3v) is 12.0. The Kier molecular flexibility index (Phi) is 8.06. The van der Waals surface area contributed by atoms with Crippen LogP contribution in [-0.4, -0.2) is 54.2 Å². The first-order valence-electron chi connectivity index (χ1n) is 14.0. The summed E-state index contributed by atoms with van der Waals surface area (Å²) in [6.45, 7) is 6.27. The van der Waals surface area contributed by atoms with Crippen LogP contribution < -0.4 is 4.72 Å². The van der Waals surface area contributed by atoms with Crippen LogP contribution in [0.4, 0.5) is 5.13 Å². The van der Waals surface area contributed by atoms with Gasteiger partial charge in [0.25, 0.3) is 10.0 Å². The van der Waals surface area contributed by atoms with E-state index in [2.05, 4.69) is 11.6 Å². The molecular weight excluding hydrogens is 558 g/mol. The molecule has 1 amide bonds. The molecule has 5 rings (SSSR count). The first-order valence-corrected chi connectivity index (χ1v) is 16.3. The summed E-state index contributed by atoms with van der Waals surface area (Å²) >= 11 is 1.28. The molecule has 10 heteroatoms. The number of thiazole rings is 1. The Hall–Kier alpha value is -2.79. The molecule has 1 saturated carbocycles. The average Bonchev–Trinajstić information content (AvgIpc) is 3.34. The van der Waals surface area contributed by atoms with E-state index >= 15 is 0 Å². The van der Waals surface area contributed by atoms with Crippen molar-refractivity contribution in [3.8, 4) is 0 Å². The number of sulfonamides is 1. The fraction of sp³-hybridized carbons (Fsp3) is 0.484. The normalized spacial score (nSPS) is 27.5. The molecule has 0 saturated heterocycles. The fourth-order valence-corrected chi connectivity index (χ4v) is 9.16. The van der Waals surface area contributed by atoms with Crippen LogP contribution in [0, 0.1) is 23.7 Å². The molecule has 0 radical (unpaired) electrons. The van der Waals surface area contributed by atoms with Gasteiger partial charge in [0.15, 0.2) is 5.13 Å². The van der Waals surface area contributed by atoms with Gasteiger partial charge in [-0.15, -0.1) is 11.3 Å². The maximum Gasteiger partial charge on any atom is 0.263 e. The molecule has 3 aromatic rings. The molecular formula is C31H39N3O5S2. The quantitative estimate of drug-likeness (QED) is 0.346. The average molecular weight is 598 g/mol. The van der Waals surface area contributed by atoms with Crippen molar-refractivity contribution in [2.75, 3.05) is 18.4 Å². The molecule has 41 heavy (non-hydrogen) atoms. The topological polar surface area (TPSA) is 120 Å². The fourth-order valence-electron chi connectivity index (χ4n) is 6.86. The van der Waals surface area contributed by atoms with Crippen LogP contribution in [0.5, 0.6) is 0 Å². The SMILES string of the molecule is Cc1ccc(S(=O)(=O)Nc2nc3c(s2)CC2C(C)(CO)C(O)CCC2(C)C3CC(=O)N(C)Cc2ccccc2)cc1. The Bertz CT molecular complexity index is 1510. The van der Waals surface area contributed by atoms with Crippen LogP contribution in [0.2, 0.25) is 0 Å². The van der Waals surface area contributed by atoms with Gasteiger partial charge in [0.2, 0.25) is 5.91 Å². The number of benzene rings is 2. The molecule has 1 fully saturated rings. The molecule has 0 spiro atoms. The van der Waals surface area contributed by atoms with Crippen LogP contribution in [0.15, 0.2) is 59.5 Å². The Morgan fingerprint density at radius 1 is 1.15 bits per heavy atom. The first-order chi connectivity index (χ1) is 19.4. The van der Waals surface area contributed by atoms with Crippen LogP contribution in [0.3, 0.4) is 0 Å². The number of aliphatic hydroxyl groups excluding tert-OH is 2. The lowest BCUT2D eigenvalue weighted by atomic mass is 9.47. The highest BCUT2D eigenvalue weighted by atomic mass is 32.2. The zero-order valence-corrected chi connectivity index (χ0v) is 25.6. The number of rotatable bonds is 8. The molecule has 3 N–H and O–H groups in total. The van der Waals surface area contributed by atoms with E-state index in [1.807, 2.05) is 44.2 Å². The molecule has 5 atom stereocenters. The molecule has 5 unspecified atom stereocenters. The second-order valence-electron chi connectivity index (χ2n) is 12.2. The van der Waals surface area contributed by atoms with Crippen molar-refractivity contribution in [3.05, 3.63) is 76.3 Å². The zero-order chi connectivity index (χ0) is 29.6. The van der Waals surface area contributed by atoms with Crippen LogP contribution >= 0.6 is 11.3 Å². The van der Waals surface area contributed by atoms with E-state index in [1.165, 1.54) is 11.3 Å². The van der Waals surface area contributed by atoms with Gasteiger partial charge in [0.05, 0.1) is 23.3 Å². The molecule has 2 aliphatic rings. The summed E-state index contributed by atoms with van der Waals surface area (Å²) < 4.78 is 29.0. The predicted molar refractivity (Wildman–Crippen MR) is 160 cm³/mol. The third kappa shape index (κ3) is 5.55. The lowest BCUT2D eigenvalue weighted by molar-refractivity contribution is -0.147. The number of hydrogen-bond donors (Lipinski definition) is 3. The predicted octanol–water partition coefficient (Wildman–Crippen LogP) is 4.72. The third-order valence-electron chi connectivity index (χ3n) is 9.51. The summed E-state index contributed by atoms with van der Waals surface area (Å²) in [6, 6.07) is 16.5. The van der Waals surface area contributed by atoms with E-state index in [9.17, 15) is 23.4 Å². The second-order valence-corrected chi connectivity index (χ2v) is 15.0. The molecule has 2 aliphatic carbocycles. The Labute approximate surface area is 246 Å². The van der Waals surface area contributed by atoms with Crippen molar-refractivity contribution in [3.63, 3.8) is 0 Å². The van der Waals surface area contributed by atoms with Gasteiger partial charge in [0, 0.05) is 36.2 Å². The largest absolute Gasteiger partial charge is 0.396 e. The number of aromatic nitrogens is 1. The van der Waals surface area contributed by atoms with Crippen LogP contribution in [0.1, 0.15) is 60.7 Å². The Balaban J connectivity index is 1.50. The number of nitrogens with zero attached hydrogens (tertiary/aromatic N) is 2. The van der Waals surface area contributed by atoms with Crippen molar-refractivity contribution < 1.29 is 23.4 Å². The maximum absolute atomic E-state index is 13.7. The number of aryl methyl sites for hydroxylation is 1. The van der Waals surface area contributed by atoms with Crippen molar-refractivity contribution in [2.24, 2.45) is 16.7 Å². The lowest BCUT2D eigenvalue weighted by Gasteiger charge is -2.58. The monoisotopic (exact) mass is 597 g/mol. The summed E-state index contributed by atoms with van der Waals surface area (Å²) in [6.07, 6.45) is 1.28. The molecule has 2 aromatic carbocycles. The van der Waals surface area contributed by atoms with Crippen molar-refractivity contribution in [1.29, 1.82) is 0 Å². The van der Waals surface area contributed by atoms with Crippen LogP contribution in [-0.2, 0) is 27.8 Å². The van der Waals surface area contributed by atoms with Gasteiger partial charge in [-0.2, -0.15) is 0 Å². The molecule has 1 aromatic heterocycles. The van der Waals surface area contributed by atoms with Crippen molar-refractivity contribution in [1.82, 2.24) is 9.88 Å². The van der Waals surface area contributed by atoms with E-state index in [4.69, 9.17) is 4.98 Å². The second kappa shape index (κ2) is 11.1. The summed E-state index contributed by atoms with van der Waals surface area (Å²) in [5.74, 6) is -0.442. The molecule has 1 heterocycles. The number of hydrogen-bond acceptors (Lipinski definition) is 7. The number of nitrogens with one attached hydrogen (secondary N) is 1. The van der Waals surface area contributed by atoms with Gasteiger partial charge < -0.3 is 15.1 Å². The van der Waals surface area contributed by atoms with E-state index < -0.39 is 27.0 Å². The standard InChI is InChI=1S/C31H39N3O5S2/c1-20-10-12-22(13-11-20)41(38,39)33-29-32-28-23(16-27(37)34(4)18-21-8-6-5-7-9-21)30(2)15-14-26(36)31(3,19-35)25(30)17-24(28)40-29/h5-13,23,25-26,35-36H,14-19H2,1-4H3,(H,32,33). The highest BCUT2D eigenvalue weighted by Crippen LogP contribution is 2.63. The van der Waals surface area contributed by atoms with Crippen LogP contribution in [0.25, 0.3) is 0 Å². The number of amides is 1. The number of carbonyl (C=O) groups is 1. The smallest absolute Gasteiger partial charge is 0.263 e. The Morgan fingerprint density at radius 2 is 1.83 bits per heavy atom. The highest BCUT2D eigenvalue weighted by molar-refractivity contribution is 7.93. The maximum atomic E-state index is 13.7. The summed E-state index contributed by atoms with van der Waals surface area (Å²) in [5, 5.41) is 21.8. The van der Waals surface area contributed by atoms with Gasteiger partial charge in [-0.25, -0.2) is 13.4 Å². The van der Waals surface area contributed by atoms with E-state index in [-0.39, 0.29) is 40.8 Å². The zero-order valence-electron chi connectivity index (χ0n) is 24.0. The number of carbonyl (C=O) groups excluding carboxylic acids is 1. The van der Waals surface area contributed by atoms with Gasteiger partial charge >= 0.3 is 0 Å². The van der Waals surface area contributed by atoms with Crippen molar-refractivity contribution in [2.45, 2.75) is 69.9 Å². The lowest BCUT2D eigenvalue weighted by Crippen LogP contribution is -2.57. The summed E-state index contributed by atoms with van der Waals surface area (Å²) in [5.41, 5.74) is 1.56. The first kappa shape index (κ1) is 29.7. The molecule has 0 bridgehead atoms. The summed E-state index contributed by atoms with van der Waals surface area (Å²) in [4.78, 5) is 21.3. The van der Waals surface area contributed by atoms with E-state index in [0.29, 0.717) is 25.8 Å². The van der Waals surface area contributed by atoms with E-state index in [1.54, 1.807) is 36.2 Å². The van der Waals surface area contributed by atoms with Crippen molar-refractivity contribution >= 4 is 32.4 Å².